The van der Waals surface area contributed by atoms with Crippen LogP contribution in [-0.2, 0) is 4.74 Å². The van der Waals surface area contributed by atoms with Gasteiger partial charge in [-0.25, -0.2) is 0 Å². The normalized spacial score (nSPS) is 23.5. The smallest absolute Gasteiger partial charge is 0.0502 e. The quantitative estimate of drug-likeness (QED) is 0.672. The van der Waals surface area contributed by atoms with Crippen molar-refractivity contribution in [2.45, 2.75) is 33.6 Å². The Balaban J connectivity index is 0.000000671. The summed E-state index contributed by atoms with van der Waals surface area (Å²) in [7, 11) is 1.80. The number of methoxy groups -OCH3 is 1. The molecule has 0 N–H and O–H groups in total. The maximum Gasteiger partial charge on any atom is 0.0502 e. The molecule has 0 aromatic carbocycles. The van der Waals surface area contributed by atoms with Gasteiger partial charge in [0.1, 0.15) is 0 Å². The van der Waals surface area contributed by atoms with Crippen LogP contribution in [0, 0.1) is 5.92 Å². The van der Waals surface area contributed by atoms with Gasteiger partial charge in [0.05, 0.1) is 6.61 Å². The zero-order valence-corrected chi connectivity index (χ0v) is 9.68. The monoisotopic (exact) mass is 187 g/mol. The molecule has 0 saturated carbocycles. The number of hydrogen-bond donors (Lipinski definition) is 0. The van der Waals surface area contributed by atoms with Gasteiger partial charge in [0.25, 0.3) is 0 Å². The summed E-state index contributed by atoms with van der Waals surface area (Å²) in [6, 6.07) is 0. The Morgan fingerprint density at radius 1 is 1.38 bits per heavy atom. The van der Waals surface area contributed by atoms with E-state index in [4.69, 9.17) is 4.74 Å². The van der Waals surface area contributed by atoms with Crippen LogP contribution in [0.5, 0.6) is 0 Å². The lowest BCUT2D eigenvalue weighted by Crippen LogP contribution is -2.36. The second-order valence-electron chi connectivity index (χ2n) is 3.36. The van der Waals surface area contributed by atoms with E-state index in [2.05, 4.69) is 11.8 Å². The second kappa shape index (κ2) is 8.52. The van der Waals surface area contributed by atoms with E-state index >= 15 is 0 Å². The van der Waals surface area contributed by atoms with Crippen molar-refractivity contribution in [2.24, 2.45) is 5.92 Å². The molecule has 0 amide bonds. The second-order valence-corrected chi connectivity index (χ2v) is 3.36. The first kappa shape index (κ1) is 12.9. The minimum Gasteiger partial charge on any atom is -0.384 e. The molecule has 1 atom stereocenters. The van der Waals surface area contributed by atoms with Gasteiger partial charge in [-0.2, -0.15) is 0 Å². The van der Waals surface area contributed by atoms with Crippen LogP contribution in [-0.4, -0.2) is 38.3 Å². The van der Waals surface area contributed by atoms with Crippen molar-refractivity contribution in [1.29, 1.82) is 0 Å². The molecule has 1 unspecified atom stereocenters. The van der Waals surface area contributed by atoms with Gasteiger partial charge in [-0.05, 0) is 31.8 Å². The van der Waals surface area contributed by atoms with Gasteiger partial charge in [0, 0.05) is 13.7 Å². The van der Waals surface area contributed by atoms with Gasteiger partial charge in [0.2, 0.25) is 0 Å². The van der Waals surface area contributed by atoms with Gasteiger partial charge in [-0.1, -0.05) is 20.8 Å². The zero-order chi connectivity index (χ0) is 10.1. The van der Waals surface area contributed by atoms with Gasteiger partial charge in [-0.15, -0.1) is 0 Å². The van der Waals surface area contributed by atoms with Crippen LogP contribution in [0.15, 0.2) is 0 Å². The number of rotatable bonds is 3. The van der Waals surface area contributed by atoms with Crippen LogP contribution in [0.2, 0.25) is 0 Å². The Kier molecular flexibility index (Phi) is 8.46. The Morgan fingerprint density at radius 3 is 2.62 bits per heavy atom. The van der Waals surface area contributed by atoms with E-state index in [0.717, 1.165) is 12.5 Å². The van der Waals surface area contributed by atoms with E-state index in [-0.39, 0.29) is 0 Å². The highest BCUT2D eigenvalue weighted by Gasteiger charge is 2.17. The molecule has 1 rings (SSSR count). The number of hydrogen-bond acceptors (Lipinski definition) is 2. The molecule has 1 aliphatic rings. The highest BCUT2D eigenvalue weighted by Crippen LogP contribution is 2.15. The third-order valence-electron chi connectivity index (χ3n) is 2.45. The molecule has 0 aromatic rings. The predicted octanol–water partition coefficient (Wildman–Crippen LogP) is 2.39. The molecule has 0 aliphatic carbocycles. The molecule has 0 aromatic heterocycles. The first-order valence-corrected chi connectivity index (χ1v) is 5.58. The lowest BCUT2D eigenvalue weighted by Gasteiger charge is -2.31. The summed E-state index contributed by atoms with van der Waals surface area (Å²) >= 11 is 0. The maximum absolute atomic E-state index is 5.15. The largest absolute Gasteiger partial charge is 0.384 e. The van der Waals surface area contributed by atoms with Crippen LogP contribution in [0.3, 0.4) is 0 Å². The van der Waals surface area contributed by atoms with E-state index in [9.17, 15) is 0 Å². The molecule has 1 heterocycles. The zero-order valence-electron chi connectivity index (χ0n) is 9.68. The van der Waals surface area contributed by atoms with E-state index < -0.39 is 0 Å². The van der Waals surface area contributed by atoms with E-state index in [1.54, 1.807) is 7.11 Å². The minimum atomic E-state index is 0.786. The molecule has 1 fully saturated rings. The summed E-state index contributed by atoms with van der Waals surface area (Å²) in [6.45, 7) is 10.9. The van der Waals surface area contributed by atoms with Crippen molar-refractivity contribution < 1.29 is 4.74 Å². The van der Waals surface area contributed by atoms with Crippen LogP contribution in [0.25, 0.3) is 0 Å². The van der Waals surface area contributed by atoms with Gasteiger partial charge in [-0.3, -0.25) is 0 Å². The van der Waals surface area contributed by atoms with Crippen LogP contribution >= 0.6 is 0 Å². The van der Waals surface area contributed by atoms with E-state index in [1.807, 2.05) is 13.8 Å². The summed E-state index contributed by atoms with van der Waals surface area (Å²) < 4.78 is 5.15. The van der Waals surface area contributed by atoms with Crippen molar-refractivity contribution in [2.75, 3.05) is 33.4 Å². The lowest BCUT2D eigenvalue weighted by molar-refractivity contribution is 0.0933. The molecule has 2 nitrogen and oxygen atoms in total. The Labute approximate surface area is 83.3 Å². The third-order valence-corrected chi connectivity index (χ3v) is 2.45. The number of likely N-dealkylation sites (tertiary alicyclic amines) is 1. The topological polar surface area (TPSA) is 12.5 Å². The fourth-order valence-electron chi connectivity index (χ4n) is 1.81. The lowest BCUT2D eigenvalue weighted by atomic mass is 9.99. The summed E-state index contributed by atoms with van der Waals surface area (Å²) in [5.41, 5.74) is 0. The maximum atomic E-state index is 5.15. The summed E-state index contributed by atoms with van der Waals surface area (Å²) in [5.74, 6) is 0.786. The summed E-state index contributed by atoms with van der Waals surface area (Å²) in [5, 5.41) is 0. The van der Waals surface area contributed by atoms with Crippen molar-refractivity contribution in [3.05, 3.63) is 0 Å². The van der Waals surface area contributed by atoms with Crippen LogP contribution in [0.4, 0.5) is 0 Å². The third kappa shape index (κ3) is 5.27. The SMILES string of the molecule is CC.CCN1CCCC(COC)C1. The highest BCUT2D eigenvalue weighted by atomic mass is 16.5. The van der Waals surface area contributed by atoms with Crippen LogP contribution in [0.1, 0.15) is 33.6 Å². The molecule has 1 aliphatic heterocycles. The summed E-state index contributed by atoms with van der Waals surface area (Å²) in [4.78, 5) is 2.51. The first-order chi connectivity index (χ1) is 6.36. The Bertz CT molecular complexity index is 104. The molecule has 0 radical (unpaired) electrons. The van der Waals surface area contributed by atoms with Crippen molar-refractivity contribution in [3.63, 3.8) is 0 Å². The number of ether oxygens (including phenoxy) is 1. The average Bonchev–Trinajstić information content (AvgIpc) is 2.22. The van der Waals surface area contributed by atoms with Crippen molar-refractivity contribution in [1.82, 2.24) is 4.90 Å². The first-order valence-electron chi connectivity index (χ1n) is 5.58. The Morgan fingerprint density at radius 2 is 2.08 bits per heavy atom. The fraction of sp³-hybridized carbons (Fsp3) is 1.00. The molecule has 2 heteroatoms. The van der Waals surface area contributed by atoms with Crippen molar-refractivity contribution in [3.8, 4) is 0 Å². The fourth-order valence-corrected chi connectivity index (χ4v) is 1.81. The molecular weight excluding hydrogens is 162 g/mol. The predicted molar refractivity (Wildman–Crippen MR) is 58.1 cm³/mol. The minimum absolute atomic E-state index is 0.786. The molecule has 13 heavy (non-hydrogen) atoms. The average molecular weight is 187 g/mol. The molecule has 80 valence electrons. The molecular formula is C11H25NO. The highest BCUT2D eigenvalue weighted by molar-refractivity contribution is 4.71. The van der Waals surface area contributed by atoms with E-state index in [0.29, 0.717) is 0 Å². The molecule has 0 bridgehead atoms. The van der Waals surface area contributed by atoms with Crippen molar-refractivity contribution >= 4 is 0 Å². The standard InChI is InChI=1S/C9H19NO.C2H6/c1-3-10-6-4-5-9(7-10)8-11-2;1-2/h9H,3-8H2,1-2H3;1-2H3. The van der Waals surface area contributed by atoms with Gasteiger partial charge in [0.15, 0.2) is 0 Å². The molecule has 0 spiro atoms. The molecule has 1 saturated heterocycles. The van der Waals surface area contributed by atoms with Gasteiger partial charge >= 0.3 is 0 Å². The Hall–Kier alpha value is -0.0800. The number of nitrogens with zero attached hydrogens (tertiary/aromatic N) is 1. The van der Waals surface area contributed by atoms with Gasteiger partial charge < -0.3 is 9.64 Å². The number of piperidine rings is 1. The van der Waals surface area contributed by atoms with E-state index in [1.165, 1.54) is 32.5 Å². The summed E-state index contributed by atoms with van der Waals surface area (Å²) in [6.07, 6.45) is 2.70. The van der Waals surface area contributed by atoms with Crippen LogP contribution < -0.4 is 0 Å².